The zero-order chi connectivity index (χ0) is 49.6. The van der Waals surface area contributed by atoms with Crippen LogP contribution in [0.25, 0.3) is 0 Å². The molecule has 3 saturated heterocycles. The van der Waals surface area contributed by atoms with Crippen LogP contribution in [0, 0.1) is 11.8 Å². The minimum absolute atomic E-state index is 0.0851. The lowest BCUT2D eigenvalue weighted by atomic mass is 9.87. The highest BCUT2D eigenvalue weighted by Crippen LogP contribution is 2.43. The van der Waals surface area contributed by atoms with Gasteiger partial charge in [-0.1, -0.05) is 110 Å². The molecule has 1 unspecified atom stereocenters. The number of aldehydes is 1. The number of aliphatic hydroxyl groups excluding tert-OH is 1. The Morgan fingerprint density at radius 1 is 0.750 bits per heavy atom. The van der Waals surface area contributed by atoms with Crippen LogP contribution in [0.15, 0.2) is 96.0 Å². The van der Waals surface area contributed by atoms with Gasteiger partial charge in [0.1, 0.15) is 46.5 Å². The first-order valence-electron chi connectivity index (χ1n) is 23.4. The quantitative estimate of drug-likeness (QED) is 0.158. The fourth-order valence-corrected chi connectivity index (χ4v) is 10.3. The molecule has 0 spiro atoms. The van der Waals surface area contributed by atoms with E-state index in [2.05, 4.69) is 13.2 Å². The molecule has 0 saturated carbocycles. The monoisotopic (exact) mass is 980 g/mol. The van der Waals surface area contributed by atoms with Gasteiger partial charge in [0.05, 0.1) is 37.6 Å². The number of benzene rings is 2. The van der Waals surface area contributed by atoms with Gasteiger partial charge in [-0.25, -0.2) is 9.59 Å². The minimum atomic E-state index is -0.659. The number of carbonyl (C=O) groups is 3. The normalized spacial score (nSPS) is 27.8. The maximum absolute atomic E-state index is 12.8. The van der Waals surface area contributed by atoms with Crippen molar-refractivity contribution in [3.05, 3.63) is 97.1 Å². The number of carbonyl (C=O) groups excluding carboxylic acids is 3. The molecule has 0 aliphatic carbocycles. The standard InChI is InChI=1S/C24H34N2O5S.C23H30N2O5S.C4H8O/c1-7-13-26(23(28)31-24(4,5)6)22-25-18-20(29-14-17-11-9-8-10-12-17)15(2)19(16(3)27)30-21(18)32-22;1-6-12-25(22(27)30-23(3,4)5)21-24-18-19(28-14-16-10-8-7-9-11-16)15(2)17(13-26)29-20(18)31-21;1-2-4-5-3-1/h7-12,15-16,18-21,27H,1,13-14H2,2-6H3;6-11,13,15,17-20H,1,12,14H2,2-5H3;1-4H2/t15-,16?,18-,19+,20+,21-;15-,17-,18-,19+,20-;/m11./s1. The van der Waals surface area contributed by atoms with Crippen molar-refractivity contribution in [1.82, 2.24) is 9.80 Å². The second-order valence-electron chi connectivity index (χ2n) is 19.2. The van der Waals surface area contributed by atoms with E-state index in [9.17, 15) is 19.5 Å². The van der Waals surface area contributed by atoms with E-state index in [0.29, 0.717) is 23.5 Å². The molecule has 5 heterocycles. The number of ether oxygens (including phenoxy) is 7. The molecule has 0 aromatic heterocycles. The third-order valence-corrected chi connectivity index (χ3v) is 13.5. The third-order valence-electron chi connectivity index (χ3n) is 11.2. The van der Waals surface area contributed by atoms with Crippen molar-refractivity contribution < 1.29 is 52.6 Å². The molecule has 15 nitrogen and oxygen atoms in total. The van der Waals surface area contributed by atoms with Gasteiger partial charge in [0.25, 0.3) is 0 Å². The predicted octanol–water partition coefficient (Wildman–Crippen LogP) is 9.03. The molecule has 0 radical (unpaired) electrons. The van der Waals surface area contributed by atoms with Gasteiger partial charge in [0, 0.05) is 38.1 Å². The number of hydrogen-bond acceptors (Lipinski definition) is 15. The minimum Gasteiger partial charge on any atom is -0.443 e. The lowest BCUT2D eigenvalue weighted by Gasteiger charge is -2.42. The Labute approximate surface area is 411 Å². The molecule has 5 aliphatic rings. The van der Waals surface area contributed by atoms with Crippen molar-refractivity contribution in [1.29, 1.82) is 0 Å². The summed E-state index contributed by atoms with van der Waals surface area (Å²) >= 11 is 2.67. The van der Waals surface area contributed by atoms with Gasteiger partial charge < -0.3 is 43.1 Å². The SMILES string of the molecule is C1CCOC1.C=CCN(C(=O)OC(C)(C)C)C1=N[C@@H]2[C@@H](OCc3ccccc3)[C@H](C)[C@@H](C(C)O)O[C@@H]2S1.C=CCN(C(=O)OC(C)(C)C)C1=N[C@@H]2[C@@H](OCc3ccccc3)[C@H](C)[C@@H](C=O)O[C@@H]2S1. The first-order valence-corrected chi connectivity index (χ1v) is 25.1. The molecule has 2 amide bonds. The zero-order valence-corrected chi connectivity index (χ0v) is 42.7. The maximum atomic E-state index is 12.8. The third kappa shape index (κ3) is 15.7. The molecular weight excluding hydrogens is 909 g/mol. The summed E-state index contributed by atoms with van der Waals surface area (Å²) in [6.07, 6.45) is 3.39. The Balaban J connectivity index is 0.000000230. The number of aliphatic hydroxyl groups is 1. The van der Waals surface area contributed by atoms with E-state index in [-0.39, 0.29) is 54.7 Å². The number of rotatable bonds is 12. The van der Waals surface area contributed by atoms with E-state index in [4.69, 9.17) is 43.1 Å². The second-order valence-corrected chi connectivity index (χ2v) is 21.3. The Kier molecular flexibility index (Phi) is 20.7. The van der Waals surface area contributed by atoms with Gasteiger partial charge in [-0.15, -0.1) is 13.2 Å². The molecule has 0 bridgehead atoms. The maximum Gasteiger partial charge on any atom is 0.416 e. The van der Waals surface area contributed by atoms with Crippen LogP contribution >= 0.6 is 23.5 Å². The Morgan fingerprint density at radius 2 is 1.18 bits per heavy atom. The molecule has 68 heavy (non-hydrogen) atoms. The fraction of sp³-hybridized carbons (Fsp3) is 0.588. The molecule has 5 aliphatic heterocycles. The highest BCUT2D eigenvalue weighted by Gasteiger charge is 2.52. The summed E-state index contributed by atoms with van der Waals surface area (Å²) in [5, 5.41) is 11.3. The van der Waals surface area contributed by atoms with Crippen LogP contribution in [0.5, 0.6) is 0 Å². The van der Waals surface area contributed by atoms with Crippen LogP contribution in [0.2, 0.25) is 0 Å². The van der Waals surface area contributed by atoms with Crippen molar-refractivity contribution in [3.8, 4) is 0 Å². The fourth-order valence-electron chi connectivity index (χ4n) is 7.89. The molecular formula is C51H72N4O11S2. The first-order chi connectivity index (χ1) is 32.3. The van der Waals surface area contributed by atoms with Gasteiger partial charge in [0.2, 0.25) is 0 Å². The van der Waals surface area contributed by atoms with Crippen molar-refractivity contribution in [3.63, 3.8) is 0 Å². The zero-order valence-electron chi connectivity index (χ0n) is 41.1. The summed E-state index contributed by atoms with van der Waals surface area (Å²) in [5.74, 6) is -0.265. The smallest absolute Gasteiger partial charge is 0.416 e. The topological polar surface area (TPSA) is 167 Å². The lowest BCUT2D eigenvalue weighted by Crippen LogP contribution is -2.54. The number of amides is 2. The van der Waals surface area contributed by atoms with Gasteiger partial charge in [0.15, 0.2) is 10.3 Å². The summed E-state index contributed by atoms with van der Waals surface area (Å²) in [4.78, 5) is 49.8. The van der Waals surface area contributed by atoms with Gasteiger partial charge in [-0.2, -0.15) is 0 Å². The van der Waals surface area contributed by atoms with E-state index >= 15 is 0 Å². The molecule has 7 rings (SSSR count). The van der Waals surface area contributed by atoms with Crippen molar-refractivity contribution >= 4 is 52.3 Å². The van der Waals surface area contributed by atoms with Crippen molar-refractivity contribution in [2.24, 2.45) is 21.8 Å². The van der Waals surface area contributed by atoms with Crippen LogP contribution in [0.3, 0.4) is 0 Å². The summed E-state index contributed by atoms with van der Waals surface area (Å²) in [5.41, 5.74) is 0.0533. The van der Waals surface area contributed by atoms with Crippen LogP contribution in [-0.4, -0.2) is 135 Å². The van der Waals surface area contributed by atoms with Gasteiger partial charge >= 0.3 is 12.2 Å². The number of hydrogen-bond donors (Lipinski definition) is 1. The molecule has 17 heteroatoms. The van der Waals surface area contributed by atoms with E-state index in [1.165, 1.54) is 46.2 Å². The Hall–Kier alpha value is -4.07. The number of amidine groups is 2. The number of thioether (sulfide) groups is 2. The van der Waals surface area contributed by atoms with Crippen LogP contribution in [0.4, 0.5) is 9.59 Å². The highest BCUT2D eigenvalue weighted by atomic mass is 32.2. The number of fused-ring (bicyclic) bond motifs is 2. The van der Waals surface area contributed by atoms with E-state index in [1.54, 1.807) is 19.1 Å². The summed E-state index contributed by atoms with van der Waals surface area (Å²) in [6, 6.07) is 19.1. The molecule has 374 valence electrons. The Morgan fingerprint density at radius 3 is 1.54 bits per heavy atom. The molecule has 2 aromatic rings. The average molecular weight is 981 g/mol. The summed E-state index contributed by atoms with van der Waals surface area (Å²) in [7, 11) is 0. The van der Waals surface area contributed by atoms with E-state index < -0.39 is 47.1 Å². The van der Waals surface area contributed by atoms with E-state index in [0.717, 1.165) is 30.6 Å². The first kappa shape index (κ1) is 54.9. The van der Waals surface area contributed by atoms with Crippen LogP contribution in [0.1, 0.15) is 86.3 Å². The molecule has 1 N–H and O–H groups in total. The lowest BCUT2D eigenvalue weighted by molar-refractivity contribution is -0.165. The summed E-state index contributed by atoms with van der Waals surface area (Å²) in [6.45, 7) is 27.4. The van der Waals surface area contributed by atoms with Gasteiger partial charge in [-0.05, 0) is 72.4 Å². The van der Waals surface area contributed by atoms with Gasteiger partial charge in [-0.3, -0.25) is 19.8 Å². The summed E-state index contributed by atoms with van der Waals surface area (Å²) < 4.78 is 40.8. The molecule has 2 aromatic carbocycles. The van der Waals surface area contributed by atoms with Crippen LogP contribution in [-0.2, 0) is 51.2 Å². The van der Waals surface area contributed by atoms with Crippen molar-refractivity contribution in [2.75, 3.05) is 26.3 Å². The number of aliphatic imine (C=N–C) groups is 2. The van der Waals surface area contributed by atoms with Crippen LogP contribution < -0.4 is 0 Å². The second kappa shape index (κ2) is 25.7. The largest absolute Gasteiger partial charge is 0.443 e. The predicted molar refractivity (Wildman–Crippen MR) is 267 cm³/mol. The average Bonchev–Trinajstić information content (AvgIpc) is 4.09. The highest BCUT2D eigenvalue weighted by molar-refractivity contribution is 8.14. The Bertz CT molecular complexity index is 2000. The van der Waals surface area contributed by atoms with Crippen molar-refractivity contribution in [2.45, 2.75) is 153 Å². The molecule has 3 fully saturated rings. The number of nitrogens with zero attached hydrogens (tertiary/aromatic N) is 4. The van der Waals surface area contributed by atoms with E-state index in [1.807, 2.05) is 116 Å². The molecule has 11 atom stereocenters.